The second-order valence-electron chi connectivity index (χ2n) is 5.09. The number of aromatic nitrogens is 1. The van der Waals surface area contributed by atoms with Gasteiger partial charge < -0.3 is 0 Å². The highest BCUT2D eigenvalue weighted by Gasteiger charge is 2.32. The number of carbonyl (C=O) groups is 1. The molecule has 7 heteroatoms. The maximum absolute atomic E-state index is 12.7. The Balaban J connectivity index is 1.96. The van der Waals surface area contributed by atoms with Crippen LogP contribution in [-0.4, -0.2) is 27.5 Å². The molecule has 1 aromatic carbocycles. The first kappa shape index (κ1) is 17.9. The molecule has 1 fully saturated rings. The van der Waals surface area contributed by atoms with E-state index in [1.165, 1.54) is 18.0 Å². The van der Waals surface area contributed by atoms with Crippen molar-refractivity contribution in [1.82, 2.24) is 9.88 Å². The smallest absolute Gasteiger partial charge is 0.267 e. The highest BCUT2D eigenvalue weighted by Crippen LogP contribution is 2.35. The largest absolute Gasteiger partial charge is 0.283 e. The molecule has 2 heterocycles. The van der Waals surface area contributed by atoms with Gasteiger partial charge in [0.05, 0.1) is 15.6 Å². The summed E-state index contributed by atoms with van der Waals surface area (Å²) in [6.07, 6.45) is 6.67. The fourth-order valence-corrected chi connectivity index (χ4v) is 3.58. The van der Waals surface area contributed by atoms with Crippen LogP contribution in [0, 0.1) is 0 Å². The number of hydrogen-bond donors (Lipinski definition) is 0. The van der Waals surface area contributed by atoms with Gasteiger partial charge in [-0.15, -0.1) is 6.58 Å². The van der Waals surface area contributed by atoms with E-state index in [1.807, 2.05) is 30.3 Å². The van der Waals surface area contributed by atoms with Crippen LogP contribution >= 0.6 is 39.3 Å². The van der Waals surface area contributed by atoms with E-state index in [0.717, 1.165) is 10.0 Å². The van der Waals surface area contributed by atoms with Crippen molar-refractivity contribution in [3.8, 4) is 0 Å². The summed E-state index contributed by atoms with van der Waals surface area (Å²) in [5, 5.41) is 1.01. The van der Waals surface area contributed by atoms with Crippen LogP contribution in [0.5, 0.6) is 0 Å². The Morgan fingerprint density at radius 1 is 1.32 bits per heavy atom. The predicted octanol–water partition coefficient (Wildman–Crippen LogP) is 5.29. The van der Waals surface area contributed by atoms with Crippen LogP contribution < -0.4 is 0 Å². The summed E-state index contributed by atoms with van der Waals surface area (Å²) in [6.45, 7) is 4.10. The zero-order chi connectivity index (χ0) is 17.8. The zero-order valence-corrected chi connectivity index (χ0v) is 16.2. The molecule has 0 atom stereocenters. The molecule has 0 saturated carbocycles. The van der Waals surface area contributed by atoms with Gasteiger partial charge in [0, 0.05) is 23.4 Å². The molecule has 3 rings (SSSR count). The van der Waals surface area contributed by atoms with Gasteiger partial charge in [0.1, 0.15) is 0 Å². The molecule has 126 valence electrons. The van der Waals surface area contributed by atoms with Gasteiger partial charge >= 0.3 is 0 Å². The predicted molar refractivity (Wildman–Crippen MR) is 108 cm³/mol. The normalized spacial score (nSPS) is 17.5. The number of hydrogen-bond acceptors (Lipinski definition) is 4. The fourth-order valence-electron chi connectivity index (χ4n) is 2.15. The van der Waals surface area contributed by atoms with Crippen LogP contribution in [0.3, 0.4) is 0 Å². The standard InChI is InChI=1S/C18H13BrClN3OS/c1-2-9-23-17(24)16(10-12-3-5-13(19)6-4-12)25-18(23)22-15-7-8-21-11-14(15)20/h2-8,10-11H,1,9H2/b16-10-,22-18?. The van der Waals surface area contributed by atoms with E-state index in [2.05, 4.69) is 32.5 Å². The summed E-state index contributed by atoms with van der Waals surface area (Å²) in [5.74, 6) is -0.100. The first-order valence-electron chi connectivity index (χ1n) is 7.34. The lowest BCUT2D eigenvalue weighted by atomic mass is 10.2. The van der Waals surface area contributed by atoms with Crippen LogP contribution in [0.25, 0.3) is 6.08 Å². The number of thioether (sulfide) groups is 1. The Morgan fingerprint density at radius 3 is 2.76 bits per heavy atom. The van der Waals surface area contributed by atoms with Crippen molar-refractivity contribution in [2.24, 2.45) is 4.99 Å². The van der Waals surface area contributed by atoms with Gasteiger partial charge in [0.25, 0.3) is 5.91 Å². The average molecular weight is 435 g/mol. The van der Waals surface area contributed by atoms with Crippen LogP contribution in [0.4, 0.5) is 5.69 Å². The molecule has 1 aliphatic heterocycles. The number of benzene rings is 1. The highest BCUT2D eigenvalue weighted by atomic mass is 79.9. The van der Waals surface area contributed by atoms with Crippen molar-refractivity contribution in [2.75, 3.05) is 6.54 Å². The number of nitrogens with zero attached hydrogens (tertiary/aromatic N) is 3. The molecule has 1 saturated heterocycles. The van der Waals surface area contributed by atoms with Gasteiger partial charge in [0.2, 0.25) is 0 Å². The van der Waals surface area contributed by atoms with E-state index in [1.54, 1.807) is 23.2 Å². The van der Waals surface area contributed by atoms with Crippen LogP contribution in [0.15, 0.2) is 69.8 Å². The van der Waals surface area contributed by atoms with Crippen molar-refractivity contribution in [3.63, 3.8) is 0 Å². The molecule has 1 amide bonds. The first-order valence-corrected chi connectivity index (χ1v) is 9.33. The topological polar surface area (TPSA) is 45.6 Å². The van der Waals surface area contributed by atoms with Crippen molar-refractivity contribution >= 4 is 62.1 Å². The quantitative estimate of drug-likeness (QED) is 0.485. The molecule has 0 spiro atoms. The van der Waals surface area contributed by atoms with E-state index in [9.17, 15) is 4.79 Å². The Morgan fingerprint density at radius 2 is 2.08 bits per heavy atom. The van der Waals surface area contributed by atoms with Gasteiger partial charge in [-0.3, -0.25) is 14.7 Å². The van der Waals surface area contributed by atoms with Crippen molar-refractivity contribution in [2.45, 2.75) is 0 Å². The molecule has 0 bridgehead atoms. The molecule has 0 N–H and O–H groups in total. The zero-order valence-electron chi connectivity index (χ0n) is 13.0. The minimum Gasteiger partial charge on any atom is -0.283 e. The van der Waals surface area contributed by atoms with Crippen LogP contribution in [0.1, 0.15) is 5.56 Å². The molecular formula is C18H13BrClN3OS. The number of carbonyl (C=O) groups excluding carboxylic acids is 1. The number of amidine groups is 1. The number of aliphatic imine (C=N–C) groups is 1. The third-order valence-electron chi connectivity index (χ3n) is 3.33. The Labute approximate surface area is 163 Å². The molecule has 4 nitrogen and oxygen atoms in total. The summed E-state index contributed by atoms with van der Waals surface area (Å²) in [6, 6.07) is 9.46. The van der Waals surface area contributed by atoms with E-state index >= 15 is 0 Å². The molecular weight excluding hydrogens is 422 g/mol. The van der Waals surface area contributed by atoms with Crippen molar-refractivity contribution in [1.29, 1.82) is 0 Å². The van der Waals surface area contributed by atoms with Crippen LogP contribution in [0.2, 0.25) is 5.02 Å². The van der Waals surface area contributed by atoms with Crippen molar-refractivity contribution < 1.29 is 4.79 Å². The Hall–Kier alpha value is -1.89. The summed E-state index contributed by atoms with van der Waals surface area (Å²) in [7, 11) is 0. The number of rotatable bonds is 4. The second kappa shape index (κ2) is 7.99. The maximum atomic E-state index is 12.7. The minimum absolute atomic E-state index is 0.100. The summed E-state index contributed by atoms with van der Waals surface area (Å²) >= 11 is 10.8. The Kier molecular flexibility index (Phi) is 5.73. The van der Waals surface area contributed by atoms with E-state index in [-0.39, 0.29) is 5.91 Å². The highest BCUT2D eigenvalue weighted by molar-refractivity contribution is 9.10. The van der Waals surface area contributed by atoms with Gasteiger partial charge in [0.15, 0.2) is 5.17 Å². The van der Waals surface area contributed by atoms with E-state index < -0.39 is 0 Å². The molecule has 25 heavy (non-hydrogen) atoms. The van der Waals surface area contributed by atoms with E-state index in [4.69, 9.17) is 11.6 Å². The molecule has 0 aliphatic carbocycles. The molecule has 2 aromatic rings. The minimum atomic E-state index is -0.100. The van der Waals surface area contributed by atoms with Crippen molar-refractivity contribution in [3.05, 3.63) is 75.3 Å². The number of halogens is 2. The molecule has 1 aromatic heterocycles. The van der Waals surface area contributed by atoms with Gasteiger partial charge in [-0.1, -0.05) is 45.7 Å². The monoisotopic (exact) mass is 433 g/mol. The van der Waals surface area contributed by atoms with Gasteiger partial charge in [-0.05, 0) is 41.6 Å². The summed E-state index contributed by atoms with van der Waals surface area (Å²) < 4.78 is 0.989. The third-order valence-corrected chi connectivity index (χ3v) is 5.16. The second-order valence-corrected chi connectivity index (χ2v) is 7.42. The lowest BCUT2D eigenvalue weighted by molar-refractivity contribution is -0.121. The average Bonchev–Trinajstić information content (AvgIpc) is 2.88. The van der Waals surface area contributed by atoms with E-state index in [0.29, 0.717) is 27.3 Å². The third kappa shape index (κ3) is 4.21. The molecule has 0 radical (unpaired) electrons. The Bertz CT molecular complexity index is 880. The number of pyridine rings is 1. The SMILES string of the molecule is C=CCN1C(=O)/C(=C/c2ccc(Br)cc2)SC1=Nc1ccncc1Cl. The van der Waals surface area contributed by atoms with Crippen LogP contribution in [-0.2, 0) is 4.79 Å². The summed E-state index contributed by atoms with van der Waals surface area (Å²) in [4.78, 5) is 23.4. The fraction of sp³-hybridized carbons (Fsp3) is 0.0556. The molecule has 0 unspecified atom stereocenters. The van der Waals surface area contributed by atoms with Gasteiger partial charge in [-0.25, -0.2) is 4.99 Å². The number of amides is 1. The lowest BCUT2D eigenvalue weighted by Crippen LogP contribution is -2.29. The maximum Gasteiger partial charge on any atom is 0.267 e. The summed E-state index contributed by atoms with van der Waals surface area (Å²) in [5.41, 5.74) is 1.52. The lowest BCUT2D eigenvalue weighted by Gasteiger charge is -2.12. The van der Waals surface area contributed by atoms with Gasteiger partial charge in [-0.2, -0.15) is 0 Å². The molecule has 1 aliphatic rings. The first-order chi connectivity index (χ1) is 12.1.